The van der Waals surface area contributed by atoms with Gasteiger partial charge in [-0.25, -0.2) is 4.52 Å². The van der Waals surface area contributed by atoms with Gasteiger partial charge in [0.05, 0.1) is 35.7 Å². The summed E-state index contributed by atoms with van der Waals surface area (Å²) in [5.74, 6) is -0.129. The van der Waals surface area contributed by atoms with Gasteiger partial charge in [0.2, 0.25) is 0 Å². The maximum absolute atomic E-state index is 12.4. The highest BCUT2D eigenvalue weighted by Gasteiger charge is 2.38. The molecule has 0 spiro atoms. The molecule has 1 aliphatic heterocycles. The van der Waals surface area contributed by atoms with E-state index in [9.17, 15) is 10.1 Å². The molecule has 1 fully saturated rings. The largest absolute Gasteiger partial charge is 0.466 e. The summed E-state index contributed by atoms with van der Waals surface area (Å²) in [6.07, 6.45) is 8.68. The van der Waals surface area contributed by atoms with E-state index in [0.29, 0.717) is 38.1 Å². The minimum absolute atomic E-state index is 0.129. The molecule has 0 atom stereocenters. The van der Waals surface area contributed by atoms with Gasteiger partial charge in [-0.3, -0.25) is 9.48 Å². The fraction of sp³-hybridized carbons (Fsp3) is 0.429. The number of anilines is 1. The molecule has 0 aromatic carbocycles. The predicted molar refractivity (Wildman–Crippen MR) is 108 cm³/mol. The van der Waals surface area contributed by atoms with Crippen molar-refractivity contribution in [2.75, 3.05) is 24.6 Å². The molecule has 4 heterocycles. The van der Waals surface area contributed by atoms with E-state index < -0.39 is 5.41 Å². The summed E-state index contributed by atoms with van der Waals surface area (Å²) in [4.78, 5) is 14.6. The lowest BCUT2D eigenvalue weighted by Gasteiger charge is -2.39. The van der Waals surface area contributed by atoms with Crippen LogP contribution in [-0.4, -0.2) is 45.1 Å². The smallest absolute Gasteiger partial charge is 0.311 e. The molecule has 0 bridgehead atoms. The molecular formula is C21H24N6O2. The molecule has 8 nitrogen and oxygen atoms in total. The fourth-order valence-corrected chi connectivity index (χ4v) is 3.90. The van der Waals surface area contributed by atoms with Gasteiger partial charge in [0.25, 0.3) is 0 Å². The first-order chi connectivity index (χ1) is 13.9. The summed E-state index contributed by atoms with van der Waals surface area (Å²) in [5, 5.41) is 18.2. The molecule has 3 aromatic heterocycles. The molecule has 0 N–H and O–H groups in total. The number of piperidine rings is 1. The minimum Gasteiger partial charge on any atom is -0.466 e. The fourth-order valence-electron chi connectivity index (χ4n) is 3.90. The Hall–Kier alpha value is -3.34. The van der Waals surface area contributed by atoms with E-state index in [1.807, 2.05) is 39.5 Å². The van der Waals surface area contributed by atoms with Crippen LogP contribution in [0, 0.1) is 16.7 Å². The van der Waals surface area contributed by atoms with Crippen LogP contribution in [0.25, 0.3) is 16.6 Å². The summed E-state index contributed by atoms with van der Waals surface area (Å²) in [5.41, 5.74) is 3.77. The number of esters is 1. The van der Waals surface area contributed by atoms with Crippen LogP contribution in [0.4, 0.5) is 5.69 Å². The maximum atomic E-state index is 12.4. The van der Waals surface area contributed by atoms with Crippen molar-refractivity contribution in [2.45, 2.75) is 26.7 Å². The molecule has 1 aliphatic rings. The minimum atomic E-state index is -0.470. The zero-order valence-corrected chi connectivity index (χ0v) is 16.9. The third-order valence-corrected chi connectivity index (χ3v) is 5.73. The number of ether oxygens (including phenoxy) is 1. The molecule has 0 saturated carbocycles. The van der Waals surface area contributed by atoms with Gasteiger partial charge in [-0.15, -0.1) is 0 Å². The Labute approximate surface area is 169 Å². The van der Waals surface area contributed by atoms with Gasteiger partial charge in [0, 0.05) is 43.7 Å². The van der Waals surface area contributed by atoms with Crippen molar-refractivity contribution in [1.29, 1.82) is 5.26 Å². The van der Waals surface area contributed by atoms with E-state index >= 15 is 0 Å². The van der Waals surface area contributed by atoms with Crippen molar-refractivity contribution in [3.8, 4) is 17.2 Å². The molecule has 29 heavy (non-hydrogen) atoms. The van der Waals surface area contributed by atoms with Gasteiger partial charge in [0.1, 0.15) is 11.6 Å². The number of nitrogens with zero attached hydrogens (tertiary/aromatic N) is 6. The van der Waals surface area contributed by atoms with Crippen LogP contribution in [0.1, 0.15) is 32.3 Å². The van der Waals surface area contributed by atoms with Crippen LogP contribution in [0.15, 0.2) is 30.9 Å². The molecular weight excluding hydrogens is 368 g/mol. The van der Waals surface area contributed by atoms with E-state index in [0.717, 1.165) is 22.3 Å². The summed E-state index contributed by atoms with van der Waals surface area (Å²) < 4.78 is 8.79. The Morgan fingerprint density at radius 2 is 2.00 bits per heavy atom. The van der Waals surface area contributed by atoms with Crippen LogP contribution >= 0.6 is 0 Å². The zero-order chi connectivity index (χ0) is 20.6. The number of rotatable bonds is 4. The Balaban J connectivity index is 1.72. The quantitative estimate of drug-likeness (QED) is 0.635. The second-order valence-electron chi connectivity index (χ2n) is 7.75. The van der Waals surface area contributed by atoms with Crippen LogP contribution in [0.2, 0.25) is 0 Å². The lowest BCUT2D eigenvalue weighted by atomic mass is 9.80. The second-order valence-corrected chi connectivity index (χ2v) is 7.75. The number of aryl methyl sites for hydroxylation is 1. The number of carbonyl (C=O) groups is 1. The number of hydrogen-bond donors (Lipinski definition) is 0. The lowest BCUT2D eigenvalue weighted by Crippen LogP contribution is -2.43. The van der Waals surface area contributed by atoms with Crippen molar-refractivity contribution in [1.82, 2.24) is 19.4 Å². The van der Waals surface area contributed by atoms with E-state index in [4.69, 9.17) is 4.74 Å². The molecule has 0 aliphatic carbocycles. The first-order valence-electron chi connectivity index (χ1n) is 9.78. The van der Waals surface area contributed by atoms with Crippen LogP contribution in [0.3, 0.4) is 0 Å². The van der Waals surface area contributed by atoms with Crippen LogP contribution in [-0.2, 0) is 16.6 Å². The molecule has 4 rings (SSSR count). The standard InChI is InChI=1S/C21H24N6O2/c1-4-29-20(28)21(2)5-7-26(8-6-21)18-9-15(17-12-23-25(3)13-17)14-27-19(18)16(10-22)11-24-27/h9,11-14H,4-8H2,1-3H3. The number of aromatic nitrogens is 4. The van der Waals surface area contributed by atoms with E-state index in [-0.39, 0.29) is 5.97 Å². The van der Waals surface area contributed by atoms with Gasteiger partial charge in [-0.1, -0.05) is 0 Å². The van der Waals surface area contributed by atoms with Gasteiger partial charge in [0.15, 0.2) is 0 Å². The number of fused-ring (bicyclic) bond motifs is 1. The SMILES string of the molecule is CCOC(=O)C1(C)CCN(c2cc(-c3cnn(C)c3)cn3ncc(C#N)c23)CC1. The molecule has 3 aromatic rings. The first-order valence-corrected chi connectivity index (χ1v) is 9.78. The van der Waals surface area contributed by atoms with Crippen molar-refractivity contribution >= 4 is 17.2 Å². The summed E-state index contributed by atoms with van der Waals surface area (Å²) in [6, 6.07) is 4.33. The molecule has 0 unspecified atom stereocenters. The van der Waals surface area contributed by atoms with Gasteiger partial charge in [-0.2, -0.15) is 15.5 Å². The topological polar surface area (TPSA) is 88.4 Å². The average molecular weight is 392 g/mol. The highest BCUT2D eigenvalue weighted by atomic mass is 16.5. The number of pyridine rings is 1. The average Bonchev–Trinajstić information content (AvgIpc) is 3.34. The molecule has 1 saturated heterocycles. The molecule has 0 radical (unpaired) electrons. The summed E-state index contributed by atoms with van der Waals surface area (Å²) in [6.45, 7) is 5.62. The first kappa shape index (κ1) is 19.0. The predicted octanol–water partition coefficient (Wildman–Crippen LogP) is 2.78. The van der Waals surface area contributed by atoms with Crippen molar-refractivity contribution in [2.24, 2.45) is 12.5 Å². The van der Waals surface area contributed by atoms with E-state index in [2.05, 4.69) is 27.2 Å². The third kappa shape index (κ3) is 3.33. The van der Waals surface area contributed by atoms with E-state index in [1.54, 1.807) is 15.4 Å². The second kappa shape index (κ2) is 7.24. The van der Waals surface area contributed by atoms with Crippen molar-refractivity contribution in [3.63, 3.8) is 0 Å². The maximum Gasteiger partial charge on any atom is 0.311 e. The Morgan fingerprint density at radius 3 is 2.62 bits per heavy atom. The number of nitriles is 1. The molecule has 150 valence electrons. The van der Waals surface area contributed by atoms with Gasteiger partial charge in [-0.05, 0) is 32.8 Å². The van der Waals surface area contributed by atoms with Crippen molar-refractivity contribution in [3.05, 3.63) is 36.4 Å². The number of carbonyl (C=O) groups excluding carboxylic acids is 1. The highest BCUT2D eigenvalue weighted by Crippen LogP contribution is 2.37. The Morgan fingerprint density at radius 1 is 1.24 bits per heavy atom. The van der Waals surface area contributed by atoms with Gasteiger partial charge < -0.3 is 9.64 Å². The molecule has 8 heteroatoms. The molecule has 0 amide bonds. The summed E-state index contributed by atoms with van der Waals surface area (Å²) in [7, 11) is 1.88. The number of hydrogen-bond acceptors (Lipinski definition) is 6. The van der Waals surface area contributed by atoms with Crippen LogP contribution < -0.4 is 4.90 Å². The van der Waals surface area contributed by atoms with Crippen LogP contribution in [0.5, 0.6) is 0 Å². The Bertz CT molecular complexity index is 1100. The van der Waals surface area contributed by atoms with Gasteiger partial charge >= 0.3 is 5.97 Å². The zero-order valence-electron chi connectivity index (χ0n) is 16.9. The van der Waals surface area contributed by atoms with Crippen molar-refractivity contribution < 1.29 is 9.53 Å². The third-order valence-electron chi connectivity index (χ3n) is 5.73. The monoisotopic (exact) mass is 392 g/mol. The summed E-state index contributed by atoms with van der Waals surface area (Å²) >= 11 is 0. The lowest BCUT2D eigenvalue weighted by molar-refractivity contribution is -0.155. The normalized spacial score (nSPS) is 16.0. The van der Waals surface area contributed by atoms with E-state index in [1.165, 1.54) is 0 Å². The highest BCUT2D eigenvalue weighted by molar-refractivity contribution is 5.84. The Kier molecular flexibility index (Phi) is 4.74.